The summed E-state index contributed by atoms with van der Waals surface area (Å²) < 4.78 is 11.2. The number of hydrogen-bond donors (Lipinski definition) is 1. The maximum atomic E-state index is 13.0. The van der Waals surface area contributed by atoms with E-state index in [-0.39, 0.29) is 30.5 Å². The van der Waals surface area contributed by atoms with Crippen LogP contribution >= 0.6 is 12.4 Å². The summed E-state index contributed by atoms with van der Waals surface area (Å²) in [6, 6.07) is 8.08. The molecular formula is C17H25ClN2O3. The van der Waals surface area contributed by atoms with E-state index in [2.05, 4.69) is 6.07 Å². The summed E-state index contributed by atoms with van der Waals surface area (Å²) in [5.74, 6) is 0.0390. The average Bonchev–Trinajstić information content (AvgIpc) is 2.60. The van der Waals surface area contributed by atoms with Gasteiger partial charge in [0.15, 0.2) is 6.10 Å². The zero-order valence-corrected chi connectivity index (χ0v) is 14.3. The van der Waals surface area contributed by atoms with Gasteiger partial charge in [0.05, 0.1) is 12.7 Å². The van der Waals surface area contributed by atoms with Gasteiger partial charge in [-0.05, 0) is 30.4 Å². The highest BCUT2D eigenvalue weighted by Crippen LogP contribution is 2.31. The van der Waals surface area contributed by atoms with Crippen molar-refractivity contribution in [1.82, 2.24) is 4.90 Å². The average molecular weight is 341 g/mol. The second kappa shape index (κ2) is 8.11. The van der Waals surface area contributed by atoms with Gasteiger partial charge in [-0.1, -0.05) is 24.3 Å². The van der Waals surface area contributed by atoms with Crippen LogP contribution in [0.1, 0.15) is 30.1 Å². The number of carbonyl (C=O) groups is 1. The van der Waals surface area contributed by atoms with Gasteiger partial charge >= 0.3 is 0 Å². The van der Waals surface area contributed by atoms with E-state index in [0.717, 1.165) is 24.8 Å². The van der Waals surface area contributed by atoms with Gasteiger partial charge in [-0.3, -0.25) is 4.79 Å². The van der Waals surface area contributed by atoms with Crippen molar-refractivity contribution in [2.45, 2.75) is 37.5 Å². The van der Waals surface area contributed by atoms with Crippen LogP contribution < -0.4 is 5.73 Å². The smallest absolute Gasteiger partial charge is 0.256 e. The fourth-order valence-electron chi connectivity index (χ4n) is 3.49. The minimum Gasteiger partial charge on any atom is -0.381 e. The molecule has 1 amide bonds. The summed E-state index contributed by atoms with van der Waals surface area (Å²) in [7, 11) is 1.72. The monoisotopic (exact) mass is 340 g/mol. The van der Waals surface area contributed by atoms with Crippen molar-refractivity contribution < 1.29 is 14.3 Å². The number of benzene rings is 1. The molecule has 1 aromatic rings. The van der Waals surface area contributed by atoms with Gasteiger partial charge in [0.2, 0.25) is 0 Å². The Morgan fingerprint density at radius 3 is 2.96 bits per heavy atom. The molecule has 3 unspecified atom stereocenters. The standard InChI is InChI=1S/C17H24N2O3.ClH/c1-21-14-6-8-19(13(10-14)11-18)17(20)16-15-5-3-2-4-12(15)7-9-22-16;/h2-5,13-14,16H,6-11,18H2,1H3;1H. The van der Waals surface area contributed by atoms with E-state index in [0.29, 0.717) is 19.7 Å². The summed E-state index contributed by atoms with van der Waals surface area (Å²) in [5, 5.41) is 0. The molecule has 1 aromatic carbocycles. The number of carbonyl (C=O) groups excluding carboxylic acids is 1. The van der Waals surface area contributed by atoms with Gasteiger partial charge in [0, 0.05) is 26.2 Å². The Labute approximate surface area is 143 Å². The summed E-state index contributed by atoms with van der Waals surface area (Å²) in [5.41, 5.74) is 8.10. The Hall–Kier alpha value is -1.14. The lowest BCUT2D eigenvalue weighted by atomic mass is 9.94. The molecule has 128 valence electrons. The number of amides is 1. The first-order chi connectivity index (χ1) is 10.7. The highest BCUT2D eigenvalue weighted by Gasteiger charge is 2.37. The number of rotatable bonds is 3. The third kappa shape index (κ3) is 3.69. The summed E-state index contributed by atoms with van der Waals surface area (Å²) in [4.78, 5) is 14.9. The van der Waals surface area contributed by atoms with Gasteiger partial charge in [-0.25, -0.2) is 0 Å². The van der Waals surface area contributed by atoms with Crippen LogP contribution in [0, 0.1) is 0 Å². The molecule has 2 heterocycles. The number of piperidine rings is 1. The molecule has 0 saturated carbocycles. The molecule has 2 aliphatic heterocycles. The van der Waals surface area contributed by atoms with Crippen LogP contribution in [0.5, 0.6) is 0 Å². The van der Waals surface area contributed by atoms with Crippen molar-refractivity contribution in [1.29, 1.82) is 0 Å². The first-order valence-corrected chi connectivity index (χ1v) is 7.97. The lowest BCUT2D eigenvalue weighted by molar-refractivity contribution is -0.150. The molecule has 0 aliphatic carbocycles. The molecule has 0 spiro atoms. The van der Waals surface area contributed by atoms with E-state index >= 15 is 0 Å². The van der Waals surface area contributed by atoms with Crippen molar-refractivity contribution >= 4 is 18.3 Å². The van der Waals surface area contributed by atoms with Gasteiger partial charge in [-0.15, -0.1) is 12.4 Å². The number of likely N-dealkylation sites (tertiary alicyclic amines) is 1. The van der Waals surface area contributed by atoms with E-state index < -0.39 is 6.10 Å². The minimum atomic E-state index is -0.488. The topological polar surface area (TPSA) is 64.8 Å². The predicted molar refractivity (Wildman–Crippen MR) is 90.7 cm³/mol. The molecule has 23 heavy (non-hydrogen) atoms. The summed E-state index contributed by atoms with van der Waals surface area (Å²) in [6.07, 6.45) is 2.22. The molecule has 0 radical (unpaired) electrons. The highest BCUT2D eigenvalue weighted by molar-refractivity contribution is 5.85. The molecule has 2 aliphatic rings. The van der Waals surface area contributed by atoms with E-state index in [1.807, 2.05) is 23.1 Å². The van der Waals surface area contributed by atoms with Crippen LogP contribution in [-0.2, 0) is 20.7 Å². The molecule has 3 atom stereocenters. The SMILES string of the molecule is COC1CCN(C(=O)C2OCCc3ccccc32)C(CN)C1.Cl. The van der Waals surface area contributed by atoms with Crippen LogP contribution in [0.4, 0.5) is 0 Å². The number of nitrogens with zero attached hydrogens (tertiary/aromatic N) is 1. The van der Waals surface area contributed by atoms with E-state index in [4.69, 9.17) is 15.2 Å². The van der Waals surface area contributed by atoms with Crippen molar-refractivity contribution in [2.75, 3.05) is 26.8 Å². The molecular weight excluding hydrogens is 316 g/mol. The fourth-order valence-corrected chi connectivity index (χ4v) is 3.49. The number of nitrogens with two attached hydrogens (primary N) is 1. The minimum absolute atomic E-state index is 0. The quantitative estimate of drug-likeness (QED) is 0.909. The van der Waals surface area contributed by atoms with E-state index in [1.165, 1.54) is 5.56 Å². The number of halogens is 1. The Morgan fingerprint density at radius 2 is 2.22 bits per heavy atom. The van der Waals surface area contributed by atoms with Crippen LogP contribution in [0.3, 0.4) is 0 Å². The second-order valence-electron chi connectivity index (χ2n) is 6.00. The first-order valence-electron chi connectivity index (χ1n) is 7.97. The van der Waals surface area contributed by atoms with Crippen molar-refractivity contribution in [3.05, 3.63) is 35.4 Å². The van der Waals surface area contributed by atoms with Crippen LogP contribution in [0.2, 0.25) is 0 Å². The lowest BCUT2D eigenvalue weighted by Gasteiger charge is -2.40. The van der Waals surface area contributed by atoms with Gasteiger partial charge in [0.25, 0.3) is 5.91 Å². The number of methoxy groups -OCH3 is 1. The molecule has 1 fully saturated rings. The lowest BCUT2D eigenvalue weighted by Crippen LogP contribution is -2.53. The largest absolute Gasteiger partial charge is 0.381 e. The van der Waals surface area contributed by atoms with Crippen molar-refractivity contribution in [2.24, 2.45) is 5.73 Å². The fraction of sp³-hybridized carbons (Fsp3) is 0.588. The van der Waals surface area contributed by atoms with Crippen LogP contribution in [0.15, 0.2) is 24.3 Å². The van der Waals surface area contributed by atoms with Crippen LogP contribution in [0.25, 0.3) is 0 Å². The van der Waals surface area contributed by atoms with Crippen molar-refractivity contribution in [3.63, 3.8) is 0 Å². The maximum Gasteiger partial charge on any atom is 0.256 e. The maximum absolute atomic E-state index is 13.0. The van der Waals surface area contributed by atoms with E-state index in [1.54, 1.807) is 7.11 Å². The second-order valence-corrected chi connectivity index (χ2v) is 6.00. The molecule has 6 heteroatoms. The number of hydrogen-bond acceptors (Lipinski definition) is 4. The van der Waals surface area contributed by atoms with Gasteiger partial charge < -0.3 is 20.1 Å². The third-order valence-electron chi connectivity index (χ3n) is 4.77. The van der Waals surface area contributed by atoms with Gasteiger partial charge in [-0.2, -0.15) is 0 Å². The third-order valence-corrected chi connectivity index (χ3v) is 4.77. The van der Waals surface area contributed by atoms with Crippen LogP contribution in [-0.4, -0.2) is 49.8 Å². The summed E-state index contributed by atoms with van der Waals surface area (Å²) >= 11 is 0. The first kappa shape index (κ1) is 18.2. The Bertz CT molecular complexity index is 540. The molecule has 5 nitrogen and oxygen atoms in total. The Balaban J connectivity index is 0.00000192. The molecule has 0 bridgehead atoms. The normalized spacial score (nSPS) is 27.0. The zero-order chi connectivity index (χ0) is 15.5. The number of fused-ring (bicyclic) bond motifs is 1. The summed E-state index contributed by atoms with van der Waals surface area (Å²) in [6.45, 7) is 1.73. The van der Waals surface area contributed by atoms with Crippen molar-refractivity contribution in [3.8, 4) is 0 Å². The Kier molecular flexibility index (Phi) is 6.41. The van der Waals surface area contributed by atoms with E-state index in [9.17, 15) is 4.79 Å². The number of ether oxygens (including phenoxy) is 2. The molecule has 3 rings (SSSR count). The molecule has 0 aromatic heterocycles. The highest BCUT2D eigenvalue weighted by atomic mass is 35.5. The predicted octanol–water partition coefficient (Wildman–Crippen LogP) is 1.69. The molecule has 2 N–H and O–H groups in total. The zero-order valence-electron chi connectivity index (χ0n) is 13.4. The van der Waals surface area contributed by atoms with Gasteiger partial charge in [0.1, 0.15) is 0 Å². The molecule has 1 saturated heterocycles. The Morgan fingerprint density at radius 1 is 1.43 bits per heavy atom.